The summed E-state index contributed by atoms with van der Waals surface area (Å²) >= 11 is 0. The Morgan fingerprint density at radius 3 is 2.47 bits per heavy atom. The lowest BCUT2D eigenvalue weighted by Crippen LogP contribution is -2.40. The molecule has 0 aliphatic carbocycles. The van der Waals surface area contributed by atoms with Crippen molar-refractivity contribution in [2.75, 3.05) is 45.8 Å². The van der Waals surface area contributed by atoms with E-state index in [0.29, 0.717) is 0 Å². The van der Waals surface area contributed by atoms with Crippen molar-refractivity contribution in [3.63, 3.8) is 0 Å². The van der Waals surface area contributed by atoms with Crippen LogP contribution in [0, 0.1) is 5.92 Å². The lowest BCUT2D eigenvalue weighted by Gasteiger charge is -2.29. The lowest BCUT2D eigenvalue weighted by molar-refractivity contribution is 0.197. The van der Waals surface area contributed by atoms with Gasteiger partial charge in [-0.1, -0.05) is 6.92 Å². The Balaban J connectivity index is 1.74. The summed E-state index contributed by atoms with van der Waals surface area (Å²) < 4.78 is 0. The van der Waals surface area contributed by atoms with E-state index in [1.54, 1.807) is 0 Å². The van der Waals surface area contributed by atoms with Crippen LogP contribution in [-0.4, -0.2) is 61.6 Å². The SMILES string of the molecule is CCNC(=NCCN1CCC(C)CC1)N1CCCC1. The van der Waals surface area contributed by atoms with Crippen LogP contribution in [0.2, 0.25) is 0 Å². The van der Waals surface area contributed by atoms with Crippen molar-refractivity contribution in [2.24, 2.45) is 10.9 Å². The zero-order valence-electron chi connectivity index (χ0n) is 12.7. The van der Waals surface area contributed by atoms with Gasteiger partial charge in [0.05, 0.1) is 6.54 Å². The van der Waals surface area contributed by atoms with Crippen LogP contribution in [0.1, 0.15) is 39.5 Å². The van der Waals surface area contributed by atoms with Gasteiger partial charge < -0.3 is 15.1 Å². The van der Waals surface area contributed by atoms with E-state index in [4.69, 9.17) is 4.99 Å². The van der Waals surface area contributed by atoms with Gasteiger partial charge in [-0.05, 0) is 51.6 Å². The second-order valence-corrected chi connectivity index (χ2v) is 5.95. The molecule has 2 fully saturated rings. The fraction of sp³-hybridized carbons (Fsp3) is 0.933. The summed E-state index contributed by atoms with van der Waals surface area (Å²) in [6.07, 6.45) is 5.34. The van der Waals surface area contributed by atoms with E-state index < -0.39 is 0 Å². The van der Waals surface area contributed by atoms with Gasteiger partial charge in [0.15, 0.2) is 5.96 Å². The molecule has 4 nitrogen and oxygen atoms in total. The normalized spacial score (nSPS) is 23.1. The monoisotopic (exact) mass is 266 g/mol. The highest BCUT2D eigenvalue weighted by atomic mass is 15.3. The van der Waals surface area contributed by atoms with Crippen LogP contribution in [-0.2, 0) is 0 Å². The fourth-order valence-electron chi connectivity index (χ4n) is 2.94. The zero-order valence-corrected chi connectivity index (χ0v) is 12.7. The highest BCUT2D eigenvalue weighted by molar-refractivity contribution is 5.80. The Labute approximate surface area is 118 Å². The van der Waals surface area contributed by atoms with Gasteiger partial charge in [0.25, 0.3) is 0 Å². The third-order valence-corrected chi connectivity index (χ3v) is 4.29. The molecule has 2 rings (SSSR count). The van der Waals surface area contributed by atoms with Gasteiger partial charge in [-0.25, -0.2) is 0 Å². The predicted octanol–water partition coefficient (Wildman–Crippen LogP) is 1.78. The second kappa shape index (κ2) is 7.73. The maximum Gasteiger partial charge on any atom is 0.193 e. The van der Waals surface area contributed by atoms with Gasteiger partial charge in [0.2, 0.25) is 0 Å². The maximum absolute atomic E-state index is 4.80. The number of hydrogen-bond donors (Lipinski definition) is 1. The summed E-state index contributed by atoms with van der Waals surface area (Å²) in [5, 5.41) is 3.43. The maximum atomic E-state index is 4.80. The average Bonchev–Trinajstić information content (AvgIpc) is 2.94. The molecule has 2 aliphatic rings. The number of hydrogen-bond acceptors (Lipinski definition) is 2. The van der Waals surface area contributed by atoms with Gasteiger partial charge in [0, 0.05) is 26.2 Å². The third-order valence-electron chi connectivity index (χ3n) is 4.29. The predicted molar refractivity (Wildman–Crippen MR) is 81.6 cm³/mol. The van der Waals surface area contributed by atoms with Gasteiger partial charge >= 0.3 is 0 Å². The molecule has 0 atom stereocenters. The number of guanidine groups is 1. The minimum absolute atomic E-state index is 0.918. The molecule has 0 radical (unpaired) electrons. The summed E-state index contributed by atoms with van der Waals surface area (Å²) in [5.74, 6) is 2.05. The number of nitrogens with zero attached hydrogens (tertiary/aromatic N) is 3. The molecule has 0 saturated carbocycles. The summed E-state index contributed by atoms with van der Waals surface area (Å²) in [4.78, 5) is 9.77. The van der Waals surface area contributed by atoms with Gasteiger partial charge in [-0.15, -0.1) is 0 Å². The standard InChI is InChI=1S/C15H30N4/c1-3-16-15(19-9-4-5-10-19)17-8-13-18-11-6-14(2)7-12-18/h14H,3-13H2,1-2H3,(H,16,17). The zero-order chi connectivity index (χ0) is 13.5. The first-order valence-corrected chi connectivity index (χ1v) is 8.05. The topological polar surface area (TPSA) is 30.9 Å². The third kappa shape index (κ3) is 4.68. The van der Waals surface area contributed by atoms with Crippen molar-refractivity contribution >= 4 is 5.96 Å². The number of piperidine rings is 1. The van der Waals surface area contributed by atoms with Gasteiger partial charge in [-0.3, -0.25) is 4.99 Å². The van der Waals surface area contributed by atoms with E-state index in [9.17, 15) is 0 Å². The minimum atomic E-state index is 0.918. The molecule has 0 spiro atoms. The largest absolute Gasteiger partial charge is 0.357 e. The lowest BCUT2D eigenvalue weighted by atomic mass is 9.99. The molecule has 19 heavy (non-hydrogen) atoms. The Kier molecular flexibility index (Phi) is 5.95. The van der Waals surface area contributed by atoms with E-state index in [-0.39, 0.29) is 0 Å². The summed E-state index contributed by atoms with van der Waals surface area (Å²) in [6, 6.07) is 0. The quantitative estimate of drug-likeness (QED) is 0.621. The Bertz CT molecular complexity index is 276. The smallest absolute Gasteiger partial charge is 0.193 e. The molecule has 0 bridgehead atoms. The fourth-order valence-corrected chi connectivity index (χ4v) is 2.94. The van der Waals surface area contributed by atoms with Crippen LogP contribution in [0.5, 0.6) is 0 Å². The molecule has 4 heteroatoms. The molecular weight excluding hydrogens is 236 g/mol. The second-order valence-electron chi connectivity index (χ2n) is 5.95. The summed E-state index contributed by atoms with van der Waals surface area (Å²) in [6.45, 7) is 12.4. The van der Waals surface area contributed by atoms with Crippen molar-refractivity contribution < 1.29 is 0 Å². The molecular formula is C15H30N4. The first-order chi connectivity index (χ1) is 9.29. The Morgan fingerprint density at radius 2 is 1.84 bits per heavy atom. The van der Waals surface area contributed by atoms with Crippen LogP contribution in [0.15, 0.2) is 4.99 Å². The first-order valence-electron chi connectivity index (χ1n) is 8.05. The number of aliphatic imine (C=N–C) groups is 1. The minimum Gasteiger partial charge on any atom is -0.357 e. The van der Waals surface area contributed by atoms with Crippen LogP contribution < -0.4 is 5.32 Å². The average molecular weight is 266 g/mol. The van der Waals surface area contributed by atoms with Crippen LogP contribution in [0.3, 0.4) is 0 Å². The molecule has 1 N–H and O–H groups in total. The van der Waals surface area contributed by atoms with E-state index in [0.717, 1.165) is 31.5 Å². The first kappa shape index (κ1) is 14.6. The molecule has 2 aliphatic heterocycles. The van der Waals surface area contributed by atoms with Crippen LogP contribution >= 0.6 is 0 Å². The highest BCUT2D eigenvalue weighted by Gasteiger charge is 2.17. The van der Waals surface area contributed by atoms with Crippen LogP contribution in [0.25, 0.3) is 0 Å². The molecule has 0 amide bonds. The Morgan fingerprint density at radius 1 is 1.16 bits per heavy atom. The van der Waals surface area contributed by atoms with E-state index >= 15 is 0 Å². The van der Waals surface area contributed by atoms with E-state index in [1.165, 1.54) is 51.9 Å². The Hall–Kier alpha value is -0.770. The molecule has 0 aromatic rings. The van der Waals surface area contributed by atoms with E-state index in [2.05, 4.69) is 29.0 Å². The molecule has 0 aromatic heterocycles. The molecule has 2 heterocycles. The van der Waals surface area contributed by atoms with Gasteiger partial charge in [0.1, 0.15) is 0 Å². The molecule has 0 aromatic carbocycles. The molecule has 2 saturated heterocycles. The van der Waals surface area contributed by atoms with Crippen molar-refractivity contribution in [3.8, 4) is 0 Å². The van der Waals surface area contributed by atoms with Crippen molar-refractivity contribution in [2.45, 2.75) is 39.5 Å². The van der Waals surface area contributed by atoms with Gasteiger partial charge in [-0.2, -0.15) is 0 Å². The number of rotatable bonds is 4. The molecule has 0 unspecified atom stereocenters. The summed E-state index contributed by atoms with van der Waals surface area (Å²) in [7, 11) is 0. The number of nitrogens with one attached hydrogen (secondary N) is 1. The highest BCUT2D eigenvalue weighted by Crippen LogP contribution is 2.15. The summed E-state index contributed by atoms with van der Waals surface area (Å²) in [5.41, 5.74) is 0. The van der Waals surface area contributed by atoms with Crippen molar-refractivity contribution in [3.05, 3.63) is 0 Å². The number of likely N-dealkylation sites (tertiary alicyclic amines) is 2. The van der Waals surface area contributed by atoms with E-state index in [1.807, 2.05) is 0 Å². The van der Waals surface area contributed by atoms with Crippen molar-refractivity contribution in [1.29, 1.82) is 0 Å². The van der Waals surface area contributed by atoms with Crippen LogP contribution in [0.4, 0.5) is 0 Å². The van der Waals surface area contributed by atoms with Crippen molar-refractivity contribution in [1.82, 2.24) is 15.1 Å². The molecule has 110 valence electrons.